The number of hydrogen-bond donors (Lipinski definition) is 1. The standard InChI is InChI=1S/C5H11N/c6-4-3-5-1-2-5/h5H,1-4,6H2/p+1. The van der Waals surface area contributed by atoms with Crippen LogP contribution in [0.4, 0.5) is 0 Å². The molecule has 1 heteroatoms. The molecule has 0 saturated heterocycles. The maximum absolute atomic E-state index is 3.77. The van der Waals surface area contributed by atoms with Gasteiger partial charge in [0, 0.05) is 0 Å². The van der Waals surface area contributed by atoms with Crippen molar-refractivity contribution >= 4 is 0 Å². The van der Waals surface area contributed by atoms with E-state index in [1.807, 2.05) is 0 Å². The van der Waals surface area contributed by atoms with Gasteiger partial charge in [0.05, 0.1) is 6.54 Å². The van der Waals surface area contributed by atoms with E-state index in [2.05, 4.69) is 5.73 Å². The van der Waals surface area contributed by atoms with E-state index in [0.29, 0.717) is 0 Å². The van der Waals surface area contributed by atoms with Crippen LogP contribution in [0.25, 0.3) is 0 Å². The molecule has 1 saturated carbocycles. The van der Waals surface area contributed by atoms with Gasteiger partial charge in [0.15, 0.2) is 0 Å². The van der Waals surface area contributed by atoms with E-state index in [0.717, 1.165) is 12.5 Å². The number of quaternary nitrogens is 1. The summed E-state index contributed by atoms with van der Waals surface area (Å²) in [4.78, 5) is 0. The highest BCUT2D eigenvalue weighted by Crippen LogP contribution is 2.31. The third-order valence-electron chi connectivity index (χ3n) is 1.31. The van der Waals surface area contributed by atoms with Crippen LogP contribution in [0.5, 0.6) is 0 Å². The summed E-state index contributed by atoms with van der Waals surface area (Å²) in [7, 11) is 0. The van der Waals surface area contributed by atoms with Gasteiger partial charge in [-0.25, -0.2) is 0 Å². The van der Waals surface area contributed by atoms with Crippen LogP contribution in [0, 0.1) is 5.92 Å². The molecule has 1 aliphatic carbocycles. The van der Waals surface area contributed by atoms with Gasteiger partial charge in [0.2, 0.25) is 0 Å². The van der Waals surface area contributed by atoms with Crippen LogP contribution in [0.15, 0.2) is 0 Å². The molecule has 0 radical (unpaired) electrons. The molecule has 3 N–H and O–H groups in total. The lowest BCUT2D eigenvalue weighted by atomic mass is 10.3. The van der Waals surface area contributed by atoms with Crippen molar-refractivity contribution in [2.24, 2.45) is 5.92 Å². The fourth-order valence-electron chi connectivity index (χ4n) is 0.695. The molecular weight excluding hydrogens is 74.1 g/mol. The second-order valence-corrected chi connectivity index (χ2v) is 2.09. The highest BCUT2D eigenvalue weighted by Gasteiger charge is 2.19. The molecule has 0 unspecified atom stereocenters. The van der Waals surface area contributed by atoms with Crippen LogP contribution >= 0.6 is 0 Å². The molecule has 0 amide bonds. The van der Waals surface area contributed by atoms with Crippen LogP contribution in [-0.2, 0) is 0 Å². The van der Waals surface area contributed by atoms with Crippen LogP contribution in [-0.4, -0.2) is 6.54 Å². The van der Waals surface area contributed by atoms with Gasteiger partial charge < -0.3 is 5.73 Å². The average Bonchev–Trinajstić information content (AvgIpc) is 2.21. The highest BCUT2D eigenvalue weighted by molar-refractivity contribution is 4.71. The van der Waals surface area contributed by atoms with E-state index in [-0.39, 0.29) is 0 Å². The Kier molecular flexibility index (Phi) is 1.10. The van der Waals surface area contributed by atoms with Gasteiger partial charge in [-0.1, -0.05) is 0 Å². The fourth-order valence-corrected chi connectivity index (χ4v) is 0.695. The van der Waals surface area contributed by atoms with E-state index < -0.39 is 0 Å². The van der Waals surface area contributed by atoms with E-state index >= 15 is 0 Å². The summed E-state index contributed by atoms with van der Waals surface area (Å²) >= 11 is 0. The second-order valence-electron chi connectivity index (χ2n) is 2.09. The van der Waals surface area contributed by atoms with Crippen LogP contribution < -0.4 is 5.73 Å². The van der Waals surface area contributed by atoms with Gasteiger partial charge in [-0.15, -0.1) is 0 Å². The first-order chi connectivity index (χ1) is 2.93. The van der Waals surface area contributed by atoms with Crippen LogP contribution in [0.2, 0.25) is 0 Å². The Morgan fingerprint density at radius 2 is 2.17 bits per heavy atom. The molecule has 36 valence electrons. The molecular formula is C5H12N+. The molecule has 0 heterocycles. The zero-order chi connectivity index (χ0) is 4.41. The lowest BCUT2D eigenvalue weighted by Gasteiger charge is -1.80. The maximum Gasteiger partial charge on any atom is 0.0742 e. The Morgan fingerprint density at radius 3 is 2.33 bits per heavy atom. The Labute approximate surface area is 38.5 Å². The van der Waals surface area contributed by atoms with Gasteiger partial charge in [-0.05, 0) is 25.2 Å². The third kappa shape index (κ3) is 0.977. The lowest BCUT2D eigenvalue weighted by Crippen LogP contribution is -2.50. The van der Waals surface area contributed by atoms with Crippen molar-refractivity contribution in [3.63, 3.8) is 0 Å². The van der Waals surface area contributed by atoms with E-state index in [4.69, 9.17) is 0 Å². The monoisotopic (exact) mass is 86.1 g/mol. The summed E-state index contributed by atoms with van der Waals surface area (Å²) in [5.41, 5.74) is 3.77. The van der Waals surface area contributed by atoms with Crippen LogP contribution in [0.3, 0.4) is 0 Å². The summed E-state index contributed by atoms with van der Waals surface area (Å²) in [6.45, 7) is 1.14. The van der Waals surface area contributed by atoms with E-state index in [1.54, 1.807) is 0 Å². The highest BCUT2D eigenvalue weighted by atomic mass is 14.5. The average molecular weight is 86.2 g/mol. The normalized spacial score (nSPS) is 21.5. The Morgan fingerprint density at radius 1 is 1.50 bits per heavy atom. The fraction of sp³-hybridized carbons (Fsp3) is 1.00. The van der Waals surface area contributed by atoms with Crippen molar-refractivity contribution < 1.29 is 5.73 Å². The summed E-state index contributed by atoms with van der Waals surface area (Å²) in [6.07, 6.45) is 4.34. The zero-order valence-electron chi connectivity index (χ0n) is 4.11. The van der Waals surface area contributed by atoms with E-state index in [1.165, 1.54) is 19.3 Å². The first-order valence-electron chi connectivity index (χ1n) is 2.72. The molecule has 0 aromatic rings. The largest absolute Gasteiger partial charge is 0.358 e. The lowest BCUT2D eigenvalue weighted by molar-refractivity contribution is -0.369. The Hall–Kier alpha value is -0.0400. The van der Waals surface area contributed by atoms with Gasteiger partial charge in [0.25, 0.3) is 0 Å². The van der Waals surface area contributed by atoms with Crippen LogP contribution in [0.1, 0.15) is 19.3 Å². The van der Waals surface area contributed by atoms with Gasteiger partial charge in [-0.2, -0.15) is 0 Å². The summed E-state index contributed by atoms with van der Waals surface area (Å²) in [6, 6.07) is 0. The van der Waals surface area contributed by atoms with E-state index in [9.17, 15) is 0 Å². The first kappa shape index (κ1) is 4.13. The molecule has 0 aliphatic heterocycles. The molecule has 1 fully saturated rings. The van der Waals surface area contributed by atoms with Crippen molar-refractivity contribution in [3.05, 3.63) is 0 Å². The van der Waals surface area contributed by atoms with Crippen molar-refractivity contribution in [1.29, 1.82) is 0 Å². The summed E-state index contributed by atoms with van der Waals surface area (Å²) in [5, 5.41) is 0. The minimum Gasteiger partial charge on any atom is -0.358 e. The maximum atomic E-state index is 3.77. The molecule has 1 nitrogen and oxygen atoms in total. The van der Waals surface area contributed by atoms with Crippen molar-refractivity contribution in [3.8, 4) is 0 Å². The molecule has 0 spiro atoms. The minimum absolute atomic E-state index is 1.09. The summed E-state index contributed by atoms with van der Waals surface area (Å²) < 4.78 is 0. The molecule has 0 atom stereocenters. The van der Waals surface area contributed by atoms with Crippen molar-refractivity contribution in [1.82, 2.24) is 0 Å². The minimum atomic E-state index is 1.09. The third-order valence-corrected chi connectivity index (χ3v) is 1.31. The summed E-state index contributed by atoms with van der Waals surface area (Å²) in [5.74, 6) is 1.09. The van der Waals surface area contributed by atoms with Gasteiger partial charge in [0.1, 0.15) is 0 Å². The quantitative estimate of drug-likeness (QED) is 0.491. The second kappa shape index (κ2) is 1.61. The number of hydrogen-bond acceptors (Lipinski definition) is 0. The Balaban J connectivity index is 1.88. The molecule has 0 bridgehead atoms. The topological polar surface area (TPSA) is 27.6 Å². The molecule has 1 aliphatic rings. The molecule has 6 heavy (non-hydrogen) atoms. The molecule has 0 aromatic carbocycles. The number of rotatable bonds is 2. The molecule has 0 aromatic heterocycles. The smallest absolute Gasteiger partial charge is 0.0742 e. The Bertz CT molecular complexity index is 39.2. The first-order valence-corrected chi connectivity index (χ1v) is 2.72. The predicted molar refractivity (Wildman–Crippen MR) is 25.1 cm³/mol. The van der Waals surface area contributed by atoms with Crippen molar-refractivity contribution in [2.75, 3.05) is 6.54 Å². The van der Waals surface area contributed by atoms with Crippen molar-refractivity contribution in [2.45, 2.75) is 19.3 Å². The van der Waals surface area contributed by atoms with Gasteiger partial charge in [-0.3, -0.25) is 0 Å². The molecule has 1 rings (SSSR count). The predicted octanol–water partition coefficient (Wildman–Crippen LogP) is 0.0284. The SMILES string of the molecule is [NH3+]CCC1CC1. The zero-order valence-corrected chi connectivity index (χ0v) is 4.11. The van der Waals surface area contributed by atoms with Gasteiger partial charge >= 0.3 is 0 Å².